The van der Waals surface area contributed by atoms with Crippen LogP contribution in [0.5, 0.6) is 0 Å². The molecule has 1 N–H and O–H groups in total. The number of aromatic nitrogens is 2. The van der Waals surface area contributed by atoms with E-state index < -0.39 is 0 Å². The summed E-state index contributed by atoms with van der Waals surface area (Å²) in [5.41, 5.74) is 3.44. The molecule has 4 heteroatoms. The van der Waals surface area contributed by atoms with E-state index in [4.69, 9.17) is 4.52 Å². The molecule has 0 aromatic carbocycles. The molecular formula is C13H17N3O. The van der Waals surface area contributed by atoms with Crippen molar-refractivity contribution in [3.8, 4) is 0 Å². The van der Waals surface area contributed by atoms with Crippen molar-refractivity contribution in [1.29, 1.82) is 0 Å². The summed E-state index contributed by atoms with van der Waals surface area (Å²) in [7, 11) is 0. The zero-order valence-corrected chi connectivity index (χ0v) is 10.2. The Hall–Kier alpha value is -1.68. The molecule has 0 aliphatic carbocycles. The van der Waals surface area contributed by atoms with E-state index in [1.54, 1.807) is 0 Å². The first-order valence-corrected chi connectivity index (χ1v) is 5.78. The molecule has 0 amide bonds. The van der Waals surface area contributed by atoms with Gasteiger partial charge >= 0.3 is 0 Å². The maximum absolute atomic E-state index is 5.11. The van der Waals surface area contributed by atoms with Crippen molar-refractivity contribution >= 4 is 0 Å². The minimum atomic E-state index is 0.812. The number of aryl methyl sites for hydroxylation is 2. The molecule has 17 heavy (non-hydrogen) atoms. The number of pyridine rings is 1. The third kappa shape index (κ3) is 3.14. The Labute approximate surface area is 101 Å². The van der Waals surface area contributed by atoms with Crippen LogP contribution in [0, 0.1) is 13.8 Å². The van der Waals surface area contributed by atoms with Crippen molar-refractivity contribution < 1.29 is 4.52 Å². The highest BCUT2D eigenvalue weighted by molar-refractivity contribution is 5.20. The molecule has 0 atom stereocenters. The number of rotatable bonds is 5. The van der Waals surface area contributed by atoms with E-state index in [-0.39, 0.29) is 0 Å². The van der Waals surface area contributed by atoms with E-state index in [1.165, 1.54) is 11.1 Å². The second-order valence-electron chi connectivity index (χ2n) is 4.08. The van der Waals surface area contributed by atoms with Gasteiger partial charge < -0.3 is 9.84 Å². The molecule has 4 nitrogen and oxygen atoms in total. The molecule has 0 aliphatic rings. The third-order valence-corrected chi connectivity index (χ3v) is 2.82. The van der Waals surface area contributed by atoms with Gasteiger partial charge in [-0.05, 0) is 44.5 Å². The second-order valence-corrected chi connectivity index (χ2v) is 4.08. The Bertz CT molecular complexity index is 445. The van der Waals surface area contributed by atoms with Gasteiger partial charge in [0.15, 0.2) is 0 Å². The smallest absolute Gasteiger partial charge is 0.138 e. The van der Waals surface area contributed by atoms with Crippen molar-refractivity contribution in [3.05, 3.63) is 47.1 Å². The fourth-order valence-corrected chi connectivity index (χ4v) is 1.75. The van der Waals surface area contributed by atoms with E-state index in [0.29, 0.717) is 0 Å². The van der Waals surface area contributed by atoms with Gasteiger partial charge in [0.25, 0.3) is 0 Å². The predicted molar refractivity (Wildman–Crippen MR) is 65.6 cm³/mol. The quantitative estimate of drug-likeness (QED) is 0.800. The highest BCUT2D eigenvalue weighted by atomic mass is 16.5. The van der Waals surface area contributed by atoms with Gasteiger partial charge in [-0.2, -0.15) is 0 Å². The average molecular weight is 231 g/mol. The first-order valence-electron chi connectivity index (χ1n) is 5.78. The highest BCUT2D eigenvalue weighted by Crippen LogP contribution is 2.11. The summed E-state index contributed by atoms with van der Waals surface area (Å²) in [4.78, 5) is 4.00. The maximum atomic E-state index is 5.11. The van der Waals surface area contributed by atoms with Gasteiger partial charge in [0, 0.05) is 24.5 Å². The SMILES string of the molecule is Cc1noc(C)c1CNCCc1ccncc1. The van der Waals surface area contributed by atoms with E-state index in [0.717, 1.165) is 31.0 Å². The van der Waals surface area contributed by atoms with Crippen LogP contribution in [0.25, 0.3) is 0 Å². The summed E-state index contributed by atoms with van der Waals surface area (Å²) >= 11 is 0. The number of hydrogen-bond donors (Lipinski definition) is 1. The molecule has 0 spiro atoms. The fourth-order valence-electron chi connectivity index (χ4n) is 1.75. The lowest BCUT2D eigenvalue weighted by Crippen LogP contribution is -2.17. The second kappa shape index (κ2) is 5.59. The molecular weight excluding hydrogens is 214 g/mol. The van der Waals surface area contributed by atoms with Crippen LogP contribution in [-0.4, -0.2) is 16.7 Å². The Kier molecular flexibility index (Phi) is 3.88. The molecule has 0 fully saturated rings. The van der Waals surface area contributed by atoms with Gasteiger partial charge in [0.2, 0.25) is 0 Å². The van der Waals surface area contributed by atoms with Crippen LogP contribution in [0.15, 0.2) is 29.0 Å². The van der Waals surface area contributed by atoms with Crippen molar-refractivity contribution in [1.82, 2.24) is 15.5 Å². The summed E-state index contributed by atoms with van der Waals surface area (Å²) in [5.74, 6) is 0.902. The molecule has 0 saturated heterocycles. The van der Waals surface area contributed by atoms with E-state index in [1.807, 2.05) is 38.4 Å². The summed E-state index contributed by atoms with van der Waals surface area (Å²) in [5, 5.41) is 7.33. The molecule has 0 radical (unpaired) electrons. The first kappa shape index (κ1) is 11.8. The van der Waals surface area contributed by atoms with Crippen LogP contribution in [-0.2, 0) is 13.0 Å². The summed E-state index contributed by atoms with van der Waals surface area (Å²) in [6, 6.07) is 4.08. The Morgan fingerprint density at radius 2 is 2.00 bits per heavy atom. The largest absolute Gasteiger partial charge is 0.361 e. The third-order valence-electron chi connectivity index (χ3n) is 2.82. The number of nitrogens with one attached hydrogen (secondary N) is 1. The van der Waals surface area contributed by atoms with Crippen molar-refractivity contribution in [2.24, 2.45) is 0 Å². The summed E-state index contributed by atoms with van der Waals surface area (Å²) in [6.07, 6.45) is 4.65. The zero-order chi connectivity index (χ0) is 12.1. The van der Waals surface area contributed by atoms with Crippen LogP contribution in [0.1, 0.15) is 22.6 Å². The van der Waals surface area contributed by atoms with Gasteiger partial charge in [-0.3, -0.25) is 4.98 Å². The standard InChI is InChI=1S/C13H17N3O/c1-10-13(11(2)17-16-10)9-15-8-5-12-3-6-14-7-4-12/h3-4,6-7,15H,5,8-9H2,1-2H3. The van der Waals surface area contributed by atoms with Crippen LogP contribution in [0.3, 0.4) is 0 Å². The summed E-state index contributed by atoms with van der Waals surface area (Å²) < 4.78 is 5.11. The van der Waals surface area contributed by atoms with Crippen LogP contribution in [0.4, 0.5) is 0 Å². The molecule has 0 saturated carbocycles. The Morgan fingerprint density at radius 1 is 1.24 bits per heavy atom. The minimum Gasteiger partial charge on any atom is -0.361 e. The molecule has 0 unspecified atom stereocenters. The van der Waals surface area contributed by atoms with E-state index in [2.05, 4.69) is 15.5 Å². The lowest BCUT2D eigenvalue weighted by Gasteiger charge is -2.04. The van der Waals surface area contributed by atoms with Crippen LogP contribution >= 0.6 is 0 Å². The molecule has 0 aliphatic heterocycles. The molecule has 2 aromatic rings. The van der Waals surface area contributed by atoms with Crippen molar-refractivity contribution in [2.45, 2.75) is 26.8 Å². The zero-order valence-electron chi connectivity index (χ0n) is 10.2. The molecule has 0 bridgehead atoms. The molecule has 2 aromatic heterocycles. The van der Waals surface area contributed by atoms with Crippen molar-refractivity contribution in [2.75, 3.05) is 6.54 Å². The normalized spacial score (nSPS) is 10.7. The lowest BCUT2D eigenvalue weighted by molar-refractivity contribution is 0.392. The van der Waals surface area contributed by atoms with Gasteiger partial charge in [0.1, 0.15) is 5.76 Å². The molecule has 2 heterocycles. The number of nitrogens with zero attached hydrogens (tertiary/aromatic N) is 2. The summed E-state index contributed by atoms with van der Waals surface area (Å²) in [6.45, 7) is 5.66. The number of hydrogen-bond acceptors (Lipinski definition) is 4. The van der Waals surface area contributed by atoms with Crippen molar-refractivity contribution in [3.63, 3.8) is 0 Å². The predicted octanol–water partition coefficient (Wildman–Crippen LogP) is 2.02. The van der Waals surface area contributed by atoms with Gasteiger partial charge in [-0.1, -0.05) is 5.16 Å². The van der Waals surface area contributed by atoms with Crippen LogP contribution in [0.2, 0.25) is 0 Å². The minimum absolute atomic E-state index is 0.812. The average Bonchev–Trinajstić information content (AvgIpc) is 2.67. The first-order chi connectivity index (χ1) is 8.27. The topological polar surface area (TPSA) is 51.0 Å². The molecule has 90 valence electrons. The van der Waals surface area contributed by atoms with Gasteiger partial charge in [-0.15, -0.1) is 0 Å². The lowest BCUT2D eigenvalue weighted by atomic mass is 10.2. The van der Waals surface area contributed by atoms with Crippen LogP contribution < -0.4 is 5.32 Å². The van der Waals surface area contributed by atoms with Gasteiger partial charge in [-0.25, -0.2) is 0 Å². The molecule has 2 rings (SSSR count). The Balaban J connectivity index is 1.77. The van der Waals surface area contributed by atoms with Gasteiger partial charge in [0.05, 0.1) is 5.69 Å². The Morgan fingerprint density at radius 3 is 2.65 bits per heavy atom. The maximum Gasteiger partial charge on any atom is 0.138 e. The fraction of sp³-hybridized carbons (Fsp3) is 0.385. The monoisotopic (exact) mass is 231 g/mol. The highest BCUT2D eigenvalue weighted by Gasteiger charge is 2.07. The van der Waals surface area contributed by atoms with E-state index >= 15 is 0 Å². The van der Waals surface area contributed by atoms with E-state index in [9.17, 15) is 0 Å².